The Labute approximate surface area is 344 Å². The van der Waals surface area contributed by atoms with Crippen LogP contribution >= 0.6 is 0 Å². The molecule has 1 saturated heterocycles. The van der Waals surface area contributed by atoms with E-state index in [9.17, 15) is 19.1 Å². The van der Waals surface area contributed by atoms with Crippen LogP contribution in [-0.2, 0) is 19.0 Å². The molecule has 4 heterocycles. The molecule has 0 aliphatic carbocycles. The van der Waals surface area contributed by atoms with E-state index in [1.54, 1.807) is 39.7 Å². The molecule has 4 aromatic rings. The van der Waals surface area contributed by atoms with Crippen molar-refractivity contribution in [1.29, 1.82) is 0 Å². The van der Waals surface area contributed by atoms with E-state index < -0.39 is 39.8 Å². The van der Waals surface area contributed by atoms with Crippen LogP contribution in [0, 0.1) is 11.2 Å². The van der Waals surface area contributed by atoms with E-state index in [2.05, 4.69) is 44.3 Å². The molecule has 2 unspecified atom stereocenters. The number of aromatic nitrogens is 4. The summed E-state index contributed by atoms with van der Waals surface area (Å²) in [7, 11) is -1.25. The number of methoxy groups -OCH3 is 1. The van der Waals surface area contributed by atoms with Gasteiger partial charge in [0.15, 0.2) is 5.65 Å². The summed E-state index contributed by atoms with van der Waals surface area (Å²) in [6.45, 7) is 24.1. The Hall–Kier alpha value is -3.97. The van der Waals surface area contributed by atoms with Crippen molar-refractivity contribution in [1.82, 2.24) is 29.4 Å². The normalized spacial score (nSPS) is 15.6. The van der Waals surface area contributed by atoms with Gasteiger partial charge in [-0.05, 0) is 61.5 Å². The van der Waals surface area contributed by atoms with Crippen molar-refractivity contribution in [3.63, 3.8) is 0 Å². The van der Waals surface area contributed by atoms with Crippen LogP contribution in [0.2, 0.25) is 51.4 Å². The lowest BCUT2D eigenvalue weighted by atomic mass is 9.82. The Bertz CT molecular complexity index is 2020. The molecule has 0 spiro atoms. The molecule has 2 amide bonds. The number of piperidine rings is 1. The van der Waals surface area contributed by atoms with E-state index >= 15 is 0 Å². The largest absolute Gasteiger partial charge is 0.465 e. The number of amides is 2. The highest BCUT2D eigenvalue weighted by Gasteiger charge is 2.42. The standard InChI is InChI=1S/C42H64FN7O6Si2/c1-29(54-5)40(51)47-16-14-33(15-17-47)49(41(52)53)38(42(2,3)4)36-24-37(48(27-55-18-20-57(6,7)8)28-56-19-21-58(9,10)11)50-39(46-36)34(26-45-50)31-22-30-23-32(43)12-13-35(30)44-25-31/h12-13,22-26,29,33,38H,14-21,27-28H2,1-11H3,(H,52,53). The Morgan fingerprint density at radius 1 is 0.966 bits per heavy atom. The van der Waals surface area contributed by atoms with Gasteiger partial charge in [0.2, 0.25) is 0 Å². The Morgan fingerprint density at radius 2 is 1.59 bits per heavy atom. The van der Waals surface area contributed by atoms with Crippen molar-refractivity contribution in [3.8, 4) is 11.1 Å². The number of fused-ring (bicyclic) bond motifs is 2. The van der Waals surface area contributed by atoms with Crippen LogP contribution < -0.4 is 4.90 Å². The second kappa shape index (κ2) is 18.5. The van der Waals surface area contributed by atoms with E-state index in [-0.39, 0.29) is 31.2 Å². The first-order valence-electron chi connectivity index (χ1n) is 20.3. The Kier molecular flexibility index (Phi) is 14.4. The maximum absolute atomic E-state index is 14.4. The number of benzene rings is 1. The number of rotatable bonds is 17. The van der Waals surface area contributed by atoms with Crippen LogP contribution in [0.1, 0.15) is 52.3 Å². The fourth-order valence-corrected chi connectivity index (χ4v) is 8.78. The maximum Gasteiger partial charge on any atom is 0.408 e. The number of halogens is 1. The lowest BCUT2D eigenvalue weighted by molar-refractivity contribution is -0.142. The monoisotopic (exact) mass is 837 g/mol. The van der Waals surface area contributed by atoms with Gasteiger partial charge in [0.25, 0.3) is 5.91 Å². The molecule has 13 nitrogen and oxygen atoms in total. The maximum atomic E-state index is 14.4. The van der Waals surface area contributed by atoms with Gasteiger partial charge in [-0.25, -0.2) is 14.2 Å². The van der Waals surface area contributed by atoms with E-state index in [1.165, 1.54) is 19.2 Å². The number of likely N-dealkylation sites (tertiary alicyclic amines) is 1. The average Bonchev–Trinajstić information content (AvgIpc) is 3.57. The molecule has 1 aromatic carbocycles. The third-order valence-corrected chi connectivity index (χ3v) is 14.1. The van der Waals surface area contributed by atoms with Crippen molar-refractivity contribution in [2.24, 2.45) is 5.41 Å². The lowest BCUT2D eigenvalue weighted by Gasteiger charge is -2.45. The smallest absolute Gasteiger partial charge is 0.408 e. The number of anilines is 1. The number of hydrogen-bond acceptors (Lipinski definition) is 9. The van der Waals surface area contributed by atoms with E-state index in [4.69, 9.17) is 24.3 Å². The minimum Gasteiger partial charge on any atom is -0.465 e. The fourth-order valence-electron chi connectivity index (χ4n) is 7.26. The number of carboxylic acid groups (broad SMARTS) is 1. The van der Waals surface area contributed by atoms with Crippen LogP contribution in [0.25, 0.3) is 27.7 Å². The first kappa shape index (κ1) is 45.1. The van der Waals surface area contributed by atoms with Gasteiger partial charge < -0.3 is 29.1 Å². The third kappa shape index (κ3) is 11.4. The zero-order valence-electron chi connectivity index (χ0n) is 36.3. The molecule has 2 atom stereocenters. The van der Waals surface area contributed by atoms with Crippen LogP contribution in [-0.4, -0.2) is 122 Å². The number of carbonyl (C=O) groups excluding carboxylic acids is 1. The van der Waals surface area contributed by atoms with Crippen molar-refractivity contribution in [3.05, 3.63) is 54.2 Å². The number of carbonyl (C=O) groups is 2. The molecule has 1 aliphatic heterocycles. The van der Waals surface area contributed by atoms with Gasteiger partial charge in [0.05, 0.1) is 23.4 Å². The lowest BCUT2D eigenvalue weighted by Crippen LogP contribution is -2.53. The predicted molar refractivity (Wildman–Crippen MR) is 232 cm³/mol. The molecule has 58 heavy (non-hydrogen) atoms. The SMILES string of the molecule is COC(C)C(=O)N1CCC(N(C(=O)O)C(c2cc(N(COCC[Si](C)(C)C)COCC[Si](C)(C)C)n3ncc(-c4cnc5ccc(F)cc5c4)c3n2)C(C)(C)C)CC1. The average molecular weight is 838 g/mol. The molecule has 1 N–H and O–H groups in total. The Morgan fingerprint density at radius 3 is 2.14 bits per heavy atom. The summed E-state index contributed by atoms with van der Waals surface area (Å²) in [5, 5.41) is 16.5. The van der Waals surface area contributed by atoms with Gasteiger partial charge >= 0.3 is 6.09 Å². The fraction of sp³-hybridized carbons (Fsp3) is 0.595. The molecule has 0 radical (unpaired) electrons. The summed E-state index contributed by atoms with van der Waals surface area (Å²) < 4.78 is 34.2. The molecule has 1 fully saturated rings. The molecule has 16 heteroatoms. The summed E-state index contributed by atoms with van der Waals surface area (Å²) in [6.07, 6.45) is 2.75. The van der Waals surface area contributed by atoms with Gasteiger partial charge in [-0.3, -0.25) is 14.7 Å². The molecule has 0 saturated carbocycles. The van der Waals surface area contributed by atoms with Gasteiger partial charge in [0, 0.05) is 84.4 Å². The van der Waals surface area contributed by atoms with Gasteiger partial charge in [-0.2, -0.15) is 9.61 Å². The highest BCUT2D eigenvalue weighted by atomic mass is 28.3. The summed E-state index contributed by atoms with van der Waals surface area (Å²) in [5.74, 6) is 0.170. The zero-order chi connectivity index (χ0) is 42.6. The van der Waals surface area contributed by atoms with E-state index in [0.29, 0.717) is 78.3 Å². The highest BCUT2D eigenvalue weighted by Crippen LogP contribution is 2.42. The number of nitrogens with zero attached hydrogens (tertiary/aromatic N) is 7. The molecule has 0 bridgehead atoms. The minimum atomic E-state index is -1.38. The number of ether oxygens (including phenoxy) is 3. The molecule has 5 rings (SSSR count). The minimum absolute atomic E-state index is 0.106. The molecule has 1 aliphatic rings. The predicted octanol–water partition coefficient (Wildman–Crippen LogP) is 8.61. The van der Waals surface area contributed by atoms with E-state index in [0.717, 1.165) is 12.1 Å². The van der Waals surface area contributed by atoms with Crippen LogP contribution in [0.4, 0.5) is 15.0 Å². The molecular weight excluding hydrogens is 774 g/mol. The molecule has 318 valence electrons. The molecule has 3 aromatic heterocycles. The topological polar surface area (TPSA) is 135 Å². The first-order valence-corrected chi connectivity index (χ1v) is 27.8. The first-order chi connectivity index (χ1) is 27.2. The van der Waals surface area contributed by atoms with Gasteiger partial charge in [0.1, 0.15) is 31.2 Å². The molecular formula is C42H64FN7O6Si2. The highest BCUT2D eigenvalue weighted by molar-refractivity contribution is 6.76. The van der Waals surface area contributed by atoms with Crippen molar-refractivity contribution in [2.45, 2.75) is 110 Å². The number of hydrogen-bond donors (Lipinski definition) is 1. The summed E-state index contributed by atoms with van der Waals surface area (Å²) >= 11 is 0. The second-order valence-corrected chi connectivity index (χ2v) is 30.3. The van der Waals surface area contributed by atoms with Gasteiger partial charge in [-0.1, -0.05) is 60.1 Å². The van der Waals surface area contributed by atoms with Crippen LogP contribution in [0.5, 0.6) is 0 Å². The van der Waals surface area contributed by atoms with Crippen molar-refractivity contribution in [2.75, 3.05) is 51.8 Å². The number of pyridine rings is 1. The summed E-state index contributed by atoms with van der Waals surface area (Å²) in [4.78, 5) is 41.7. The summed E-state index contributed by atoms with van der Waals surface area (Å²) in [6, 6.07) is 9.19. The van der Waals surface area contributed by atoms with Crippen molar-refractivity contribution >= 4 is 50.5 Å². The van der Waals surface area contributed by atoms with Crippen molar-refractivity contribution < 1.29 is 33.3 Å². The quantitative estimate of drug-likeness (QED) is 0.0626. The van der Waals surface area contributed by atoms with E-state index in [1.807, 2.05) is 37.8 Å². The zero-order valence-corrected chi connectivity index (χ0v) is 38.3. The van der Waals surface area contributed by atoms with Crippen LogP contribution in [0.15, 0.2) is 42.7 Å². The second-order valence-electron chi connectivity index (χ2n) is 19.0. The van der Waals surface area contributed by atoms with Gasteiger partial charge in [-0.15, -0.1) is 0 Å². The third-order valence-electron chi connectivity index (χ3n) is 10.7. The Balaban J connectivity index is 1.65. The summed E-state index contributed by atoms with van der Waals surface area (Å²) in [5.41, 5.74) is 2.43. The van der Waals surface area contributed by atoms with Crippen LogP contribution in [0.3, 0.4) is 0 Å².